The van der Waals surface area contributed by atoms with Gasteiger partial charge in [0.25, 0.3) is 5.91 Å². The summed E-state index contributed by atoms with van der Waals surface area (Å²) >= 11 is 3.57. The molecule has 1 aliphatic rings. The van der Waals surface area contributed by atoms with Crippen LogP contribution in [0, 0.1) is 5.41 Å². The van der Waals surface area contributed by atoms with Gasteiger partial charge in [-0.1, -0.05) is 59.3 Å². The van der Waals surface area contributed by atoms with Crippen LogP contribution >= 0.6 is 15.9 Å². The number of fused-ring (bicyclic) bond motifs is 2. The number of hydrogen-bond acceptors (Lipinski definition) is 3. The van der Waals surface area contributed by atoms with E-state index >= 15 is 0 Å². The van der Waals surface area contributed by atoms with Gasteiger partial charge in [-0.3, -0.25) is 10.2 Å². The van der Waals surface area contributed by atoms with Crippen LogP contribution in [0.15, 0.2) is 65.1 Å². The molecule has 4 rings (SSSR count). The number of amidine groups is 1. The Morgan fingerprint density at radius 2 is 1.61 bits per heavy atom. The van der Waals surface area contributed by atoms with Gasteiger partial charge >= 0.3 is 0 Å². The lowest BCUT2D eigenvalue weighted by atomic mass is 9.77. The lowest BCUT2D eigenvalue weighted by molar-refractivity contribution is 0.0950. The molecule has 1 amide bonds. The summed E-state index contributed by atoms with van der Waals surface area (Å²) in [6.45, 7) is 2.56. The molecule has 0 aliphatic heterocycles. The SMILES string of the molecule is CO[C@H]1c2ccc(Br)cc2[C@@H](C)c2cc(C(=O)NCc3ccc(C(=N)N)cc3)ccc21. The van der Waals surface area contributed by atoms with Gasteiger partial charge in [-0.2, -0.15) is 0 Å². The van der Waals surface area contributed by atoms with Crippen molar-refractivity contribution in [2.45, 2.75) is 25.5 Å². The fourth-order valence-corrected chi connectivity index (χ4v) is 4.54. The summed E-state index contributed by atoms with van der Waals surface area (Å²) in [5, 5.41) is 10.4. The first-order valence-electron chi connectivity index (χ1n) is 10.1. The minimum atomic E-state index is -0.147. The van der Waals surface area contributed by atoms with Crippen LogP contribution in [-0.4, -0.2) is 18.9 Å². The maximum Gasteiger partial charge on any atom is 0.251 e. The Hall–Kier alpha value is -2.96. The van der Waals surface area contributed by atoms with Gasteiger partial charge in [0.1, 0.15) is 11.9 Å². The maximum absolute atomic E-state index is 12.8. The normalized spacial score (nSPS) is 16.9. The van der Waals surface area contributed by atoms with Gasteiger partial charge < -0.3 is 15.8 Å². The molecular formula is C25H24BrN3O2. The molecule has 31 heavy (non-hydrogen) atoms. The standard InChI is InChI=1S/C25H24BrN3O2/c1-14-21-11-17(25(30)29-13-15-3-5-16(6-4-15)24(27)28)7-9-19(21)23(31-2)20-10-8-18(26)12-22(14)20/h3-12,14,23H,13H2,1-2H3,(H3,27,28)(H,29,30)/t14-,23+/m0/s1. The third-order valence-electron chi connectivity index (χ3n) is 5.85. The molecule has 6 heteroatoms. The number of amides is 1. The van der Waals surface area contributed by atoms with E-state index in [-0.39, 0.29) is 23.8 Å². The fraction of sp³-hybridized carbons (Fsp3) is 0.200. The largest absolute Gasteiger partial charge is 0.384 e. The molecule has 3 aromatic carbocycles. The van der Waals surface area contributed by atoms with Crippen molar-refractivity contribution in [2.24, 2.45) is 5.73 Å². The Bertz CT molecular complexity index is 1160. The molecule has 0 spiro atoms. The van der Waals surface area contributed by atoms with Gasteiger partial charge in [0, 0.05) is 35.2 Å². The number of nitrogens with two attached hydrogens (primary N) is 1. The van der Waals surface area contributed by atoms with E-state index in [1.165, 1.54) is 5.56 Å². The van der Waals surface area contributed by atoms with Gasteiger partial charge in [0.15, 0.2) is 0 Å². The first-order valence-corrected chi connectivity index (χ1v) is 10.9. The highest BCUT2D eigenvalue weighted by Crippen LogP contribution is 2.44. The number of nitrogen functional groups attached to an aromatic ring is 1. The molecule has 2 atom stereocenters. The second-order valence-electron chi connectivity index (χ2n) is 7.75. The smallest absolute Gasteiger partial charge is 0.251 e. The third kappa shape index (κ3) is 4.13. The molecule has 0 saturated heterocycles. The lowest BCUT2D eigenvalue weighted by Crippen LogP contribution is -2.24. The van der Waals surface area contributed by atoms with Gasteiger partial charge in [-0.25, -0.2) is 0 Å². The van der Waals surface area contributed by atoms with Crippen LogP contribution in [0.4, 0.5) is 0 Å². The van der Waals surface area contributed by atoms with Gasteiger partial charge in [0.05, 0.1) is 0 Å². The van der Waals surface area contributed by atoms with E-state index in [1.807, 2.05) is 36.4 Å². The molecule has 0 fully saturated rings. The Morgan fingerprint density at radius 3 is 2.26 bits per heavy atom. The van der Waals surface area contributed by atoms with Gasteiger partial charge in [-0.05, 0) is 52.1 Å². The van der Waals surface area contributed by atoms with Crippen molar-refractivity contribution in [1.29, 1.82) is 5.41 Å². The van der Waals surface area contributed by atoms with Gasteiger partial charge in [-0.15, -0.1) is 0 Å². The summed E-state index contributed by atoms with van der Waals surface area (Å²) in [7, 11) is 1.72. The van der Waals surface area contributed by atoms with Crippen molar-refractivity contribution in [1.82, 2.24) is 5.32 Å². The Morgan fingerprint density at radius 1 is 1.00 bits per heavy atom. The minimum absolute atomic E-state index is 0.0294. The number of methoxy groups -OCH3 is 1. The minimum Gasteiger partial charge on any atom is -0.384 e. The van der Waals surface area contributed by atoms with Crippen molar-refractivity contribution < 1.29 is 9.53 Å². The Kier molecular flexibility index (Phi) is 5.94. The number of benzene rings is 3. The first kappa shape index (κ1) is 21.3. The summed E-state index contributed by atoms with van der Waals surface area (Å²) in [5.74, 6) is 0.0576. The number of carbonyl (C=O) groups excluding carboxylic acids is 1. The zero-order chi connectivity index (χ0) is 22.1. The topological polar surface area (TPSA) is 88.2 Å². The third-order valence-corrected chi connectivity index (χ3v) is 6.34. The second kappa shape index (κ2) is 8.65. The monoisotopic (exact) mass is 477 g/mol. The average Bonchev–Trinajstić information content (AvgIpc) is 2.78. The first-order chi connectivity index (χ1) is 14.9. The van der Waals surface area contributed by atoms with Crippen molar-refractivity contribution in [3.05, 3.63) is 104 Å². The van der Waals surface area contributed by atoms with E-state index in [0.29, 0.717) is 17.7 Å². The quantitative estimate of drug-likeness (QED) is 0.361. The average molecular weight is 478 g/mol. The van der Waals surface area contributed by atoms with Crippen LogP contribution in [-0.2, 0) is 11.3 Å². The summed E-state index contributed by atoms with van der Waals surface area (Å²) in [5.41, 5.74) is 12.3. The molecule has 0 aromatic heterocycles. The maximum atomic E-state index is 12.8. The molecular weight excluding hydrogens is 454 g/mol. The number of rotatable bonds is 5. The predicted octanol–water partition coefficient (Wildman–Crippen LogP) is 4.86. The van der Waals surface area contributed by atoms with E-state index in [9.17, 15) is 4.79 Å². The predicted molar refractivity (Wildman–Crippen MR) is 126 cm³/mol. The Balaban J connectivity index is 1.56. The number of ether oxygens (including phenoxy) is 1. The molecule has 0 unspecified atom stereocenters. The molecule has 5 nitrogen and oxygen atoms in total. The van der Waals surface area contributed by atoms with Crippen LogP contribution < -0.4 is 11.1 Å². The van der Waals surface area contributed by atoms with Crippen molar-refractivity contribution in [3.63, 3.8) is 0 Å². The molecule has 0 bridgehead atoms. The number of carbonyl (C=O) groups is 1. The van der Waals surface area contributed by atoms with Crippen LogP contribution in [0.3, 0.4) is 0 Å². The zero-order valence-corrected chi connectivity index (χ0v) is 19.0. The summed E-state index contributed by atoms with van der Waals surface area (Å²) < 4.78 is 6.85. The Labute approximate surface area is 190 Å². The summed E-state index contributed by atoms with van der Waals surface area (Å²) in [4.78, 5) is 12.8. The summed E-state index contributed by atoms with van der Waals surface area (Å²) in [6.07, 6.45) is -0.147. The van der Waals surface area contributed by atoms with Crippen LogP contribution in [0.2, 0.25) is 0 Å². The van der Waals surface area contributed by atoms with Crippen molar-refractivity contribution in [2.75, 3.05) is 7.11 Å². The molecule has 4 N–H and O–H groups in total. The fourth-order valence-electron chi connectivity index (χ4n) is 4.16. The van der Waals surface area contributed by atoms with Crippen molar-refractivity contribution >= 4 is 27.7 Å². The van der Waals surface area contributed by atoms with E-state index in [0.717, 1.165) is 26.7 Å². The highest BCUT2D eigenvalue weighted by Gasteiger charge is 2.30. The summed E-state index contributed by atoms with van der Waals surface area (Å²) in [6, 6.07) is 19.4. The molecule has 0 saturated carbocycles. The highest BCUT2D eigenvalue weighted by atomic mass is 79.9. The lowest BCUT2D eigenvalue weighted by Gasteiger charge is -2.32. The van der Waals surface area contributed by atoms with E-state index in [2.05, 4.69) is 40.3 Å². The van der Waals surface area contributed by atoms with E-state index in [4.69, 9.17) is 15.9 Å². The van der Waals surface area contributed by atoms with E-state index in [1.54, 1.807) is 19.2 Å². The number of hydrogen-bond donors (Lipinski definition) is 3. The number of nitrogens with one attached hydrogen (secondary N) is 2. The molecule has 158 valence electrons. The second-order valence-corrected chi connectivity index (χ2v) is 8.66. The molecule has 3 aromatic rings. The van der Waals surface area contributed by atoms with Crippen LogP contribution in [0.25, 0.3) is 0 Å². The molecule has 0 radical (unpaired) electrons. The van der Waals surface area contributed by atoms with Gasteiger partial charge in [0.2, 0.25) is 0 Å². The van der Waals surface area contributed by atoms with E-state index < -0.39 is 0 Å². The number of halogens is 1. The van der Waals surface area contributed by atoms with Crippen molar-refractivity contribution in [3.8, 4) is 0 Å². The molecule has 1 aliphatic carbocycles. The zero-order valence-electron chi connectivity index (χ0n) is 17.4. The van der Waals surface area contributed by atoms with Crippen LogP contribution in [0.1, 0.15) is 62.7 Å². The highest BCUT2D eigenvalue weighted by molar-refractivity contribution is 9.10. The van der Waals surface area contributed by atoms with Crippen LogP contribution in [0.5, 0.6) is 0 Å². The molecule has 0 heterocycles.